The Bertz CT molecular complexity index is 829. The molecule has 0 atom stereocenters. The van der Waals surface area contributed by atoms with Crippen LogP contribution in [0, 0.1) is 0 Å². The monoisotopic (exact) mass is 348 g/mol. The van der Waals surface area contributed by atoms with Crippen molar-refractivity contribution in [3.8, 4) is 0 Å². The zero-order valence-corrected chi connectivity index (χ0v) is 13.4. The second kappa shape index (κ2) is 6.23. The molecule has 2 aromatic carbocycles. The third-order valence-corrected chi connectivity index (χ3v) is 4.09. The van der Waals surface area contributed by atoms with Crippen LogP contribution in [0.1, 0.15) is 28.4 Å². The van der Waals surface area contributed by atoms with Gasteiger partial charge in [0, 0.05) is 30.4 Å². The van der Waals surface area contributed by atoms with E-state index < -0.39 is 17.6 Å². The van der Waals surface area contributed by atoms with Crippen LogP contribution < -0.4 is 10.2 Å². The van der Waals surface area contributed by atoms with E-state index >= 15 is 0 Å². The van der Waals surface area contributed by atoms with Crippen LogP contribution in [-0.4, -0.2) is 18.4 Å². The van der Waals surface area contributed by atoms with Crippen molar-refractivity contribution in [1.29, 1.82) is 0 Å². The van der Waals surface area contributed by atoms with Gasteiger partial charge in [-0.3, -0.25) is 9.59 Å². The van der Waals surface area contributed by atoms with Crippen molar-refractivity contribution in [3.63, 3.8) is 0 Å². The lowest BCUT2D eigenvalue weighted by atomic mass is 10.1. The van der Waals surface area contributed by atoms with Crippen LogP contribution in [0.3, 0.4) is 0 Å². The van der Waals surface area contributed by atoms with Gasteiger partial charge < -0.3 is 10.2 Å². The summed E-state index contributed by atoms with van der Waals surface area (Å²) in [4.78, 5) is 25.5. The van der Waals surface area contributed by atoms with E-state index in [9.17, 15) is 22.8 Å². The molecule has 1 aliphatic rings. The van der Waals surface area contributed by atoms with Gasteiger partial charge >= 0.3 is 6.18 Å². The number of hydrogen-bond donors (Lipinski definition) is 1. The van der Waals surface area contributed by atoms with E-state index in [1.807, 2.05) is 0 Å². The van der Waals surface area contributed by atoms with Gasteiger partial charge in [-0.15, -0.1) is 0 Å². The lowest BCUT2D eigenvalue weighted by molar-refractivity contribution is -0.137. The van der Waals surface area contributed by atoms with Crippen molar-refractivity contribution < 1.29 is 22.8 Å². The lowest BCUT2D eigenvalue weighted by Crippen LogP contribution is -2.25. The standard InChI is InChI=1S/C18H15F3N2O2/c1-11(24)23-9-8-12-10-13(2-7-16(12)23)17(25)22-15-5-3-14(4-6-15)18(19,20)21/h2-7,10H,8-9H2,1H3,(H,22,25). The molecule has 0 saturated heterocycles. The molecule has 0 fully saturated rings. The van der Waals surface area contributed by atoms with Crippen LogP contribution >= 0.6 is 0 Å². The van der Waals surface area contributed by atoms with Crippen LogP contribution in [0.15, 0.2) is 42.5 Å². The fourth-order valence-corrected chi connectivity index (χ4v) is 2.82. The molecule has 7 heteroatoms. The van der Waals surface area contributed by atoms with E-state index in [-0.39, 0.29) is 11.6 Å². The first-order valence-electron chi connectivity index (χ1n) is 7.65. The number of carbonyl (C=O) groups is 2. The number of nitrogens with one attached hydrogen (secondary N) is 1. The maximum atomic E-state index is 12.5. The van der Waals surface area contributed by atoms with E-state index in [4.69, 9.17) is 0 Å². The summed E-state index contributed by atoms with van der Waals surface area (Å²) in [7, 11) is 0. The van der Waals surface area contributed by atoms with Crippen LogP contribution in [-0.2, 0) is 17.4 Å². The second-order valence-electron chi connectivity index (χ2n) is 5.79. The predicted octanol–water partition coefficient (Wildman–Crippen LogP) is 3.87. The van der Waals surface area contributed by atoms with Crippen molar-refractivity contribution in [2.24, 2.45) is 0 Å². The van der Waals surface area contributed by atoms with Gasteiger partial charge in [0.15, 0.2) is 0 Å². The number of fused-ring (bicyclic) bond motifs is 1. The fraction of sp³-hybridized carbons (Fsp3) is 0.222. The summed E-state index contributed by atoms with van der Waals surface area (Å²) in [6.45, 7) is 2.06. The van der Waals surface area contributed by atoms with Gasteiger partial charge in [0.2, 0.25) is 5.91 Å². The van der Waals surface area contributed by atoms with E-state index in [1.54, 1.807) is 23.1 Å². The Morgan fingerprint density at radius 3 is 2.36 bits per heavy atom. The Balaban J connectivity index is 1.75. The Morgan fingerprint density at radius 1 is 1.08 bits per heavy atom. The molecule has 3 rings (SSSR count). The largest absolute Gasteiger partial charge is 0.416 e. The molecule has 0 aromatic heterocycles. The number of alkyl halides is 3. The van der Waals surface area contributed by atoms with Gasteiger partial charge in [0.25, 0.3) is 5.91 Å². The second-order valence-corrected chi connectivity index (χ2v) is 5.79. The van der Waals surface area contributed by atoms with Crippen molar-refractivity contribution >= 4 is 23.2 Å². The number of nitrogens with zero attached hydrogens (tertiary/aromatic N) is 1. The molecule has 1 heterocycles. The maximum Gasteiger partial charge on any atom is 0.416 e. The molecule has 2 aromatic rings. The summed E-state index contributed by atoms with van der Waals surface area (Å²) in [6, 6.07) is 9.28. The Kier molecular flexibility index (Phi) is 4.24. The van der Waals surface area contributed by atoms with Crippen LogP contribution in [0.5, 0.6) is 0 Å². The first-order valence-corrected chi connectivity index (χ1v) is 7.65. The van der Waals surface area contributed by atoms with Gasteiger partial charge in [-0.1, -0.05) is 0 Å². The smallest absolute Gasteiger partial charge is 0.322 e. The Morgan fingerprint density at radius 2 is 1.76 bits per heavy atom. The van der Waals surface area contributed by atoms with Crippen molar-refractivity contribution in [2.45, 2.75) is 19.5 Å². The quantitative estimate of drug-likeness (QED) is 0.896. The van der Waals surface area contributed by atoms with Gasteiger partial charge in [-0.05, 0) is 54.4 Å². The maximum absolute atomic E-state index is 12.5. The number of carbonyl (C=O) groups excluding carboxylic acids is 2. The summed E-state index contributed by atoms with van der Waals surface area (Å²) in [5.41, 5.74) is 1.59. The topological polar surface area (TPSA) is 49.4 Å². The SMILES string of the molecule is CC(=O)N1CCc2cc(C(=O)Nc3ccc(C(F)(F)F)cc3)ccc21. The van der Waals surface area contributed by atoms with E-state index in [2.05, 4.69) is 5.32 Å². The predicted molar refractivity (Wildman–Crippen MR) is 87.6 cm³/mol. The highest BCUT2D eigenvalue weighted by Crippen LogP contribution is 2.31. The molecule has 4 nitrogen and oxygen atoms in total. The number of anilines is 2. The summed E-state index contributed by atoms with van der Waals surface area (Å²) in [6.07, 6.45) is -3.75. The molecule has 130 valence electrons. The number of benzene rings is 2. The van der Waals surface area contributed by atoms with Gasteiger partial charge in [0.05, 0.1) is 5.56 Å². The summed E-state index contributed by atoms with van der Waals surface area (Å²) < 4.78 is 37.6. The zero-order valence-electron chi connectivity index (χ0n) is 13.4. The van der Waals surface area contributed by atoms with E-state index in [1.165, 1.54) is 19.1 Å². The Labute approximate surface area is 142 Å². The number of halogens is 3. The Hall–Kier alpha value is -2.83. The lowest BCUT2D eigenvalue weighted by Gasteiger charge is -2.15. The molecular formula is C18H15F3N2O2. The fourth-order valence-electron chi connectivity index (χ4n) is 2.82. The third kappa shape index (κ3) is 3.50. The molecule has 0 aliphatic carbocycles. The minimum atomic E-state index is -4.41. The zero-order chi connectivity index (χ0) is 18.2. The van der Waals surface area contributed by atoms with Crippen molar-refractivity contribution in [3.05, 3.63) is 59.2 Å². The van der Waals surface area contributed by atoms with Gasteiger partial charge in [0.1, 0.15) is 0 Å². The highest BCUT2D eigenvalue weighted by atomic mass is 19.4. The van der Waals surface area contributed by atoms with Crippen molar-refractivity contribution in [2.75, 3.05) is 16.8 Å². The highest BCUT2D eigenvalue weighted by molar-refractivity contribution is 6.05. The first-order chi connectivity index (χ1) is 11.8. The minimum Gasteiger partial charge on any atom is -0.322 e. The first kappa shape index (κ1) is 17.0. The third-order valence-electron chi connectivity index (χ3n) is 4.09. The molecule has 1 aliphatic heterocycles. The van der Waals surface area contributed by atoms with Gasteiger partial charge in [-0.25, -0.2) is 0 Å². The molecule has 0 saturated carbocycles. The molecule has 0 bridgehead atoms. The molecule has 1 N–H and O–H groups in total. The average Bonchev–Trinajstić information content (AvgIpc) is 2.97. The highest BCUT2D eigenvalue weighted by Gasteiger charge is 2.30. The van der Waals surface area contributed by atoms with Gasteiger partial charge in [-0.2, -0.15) is 13.2 Å². The summed E-state index contributed by atoms with van der Waals surface area (Å²) >= 11 is 0. The molecule has 0 radical (unpaired) electrons. The molecule has 25 heavy (non-hydrogen) atoms. The molecule has 0 spiro atoms. The van der Waals surface area contributed by atoms with Crippen LogP contribution in [0.2, 0.25) is 0 Å². The van der Waals surface area contributed by atoms with Crippen LogP contribution in [0.25, 0.3) is 0 Å². The average molecular weight is 348 g/mol. The minimum absolute atomic E-state index is 0.0549. The molecule has 2 amide bonds. The number of rotatable bonds is 2. The normalized spacial score (nSPS) is 13.5. The van der Waals surface area contributed by atoms with E-state index in [0.717, 1.165) is 23.4 Å². The molecule has 0 unspecified atom stereocenters. The summed E-state index contributed by atoms with van der Waals surface area (Å²) in [5, 5.41) is 2.58. The van der Waals surface area contributed by atoms with E-state index in [0.29, 0.717) is 18.5 Å². The van der Waals surface area contributed by atoms with Crippen LogP contribution in [0.4, 0.5) is 24.5 Å². The summed E-state index contributed by atoms with van der Waals surface area (Å²) in [5.74, 6) is -0.468. The number of amides is 2. The van der Waals surface area contributed by atoms with Crippen molar-refractivity contribution in [1.82, 2.24) is 0 Å². The number of hydrogen-bond acceptors (Lipinski definition) is 2. The molecular weight excluding hydrogens is 333 g/mol.